The van der Waals surface area contributed by atoms with E-state index in [0.717, 1.165) is 23.2 Å². The number of rotatable bonds is 2. The van der Waals surface area contributed by atoms with Crippen LogP contribution in [-0.4, -0.2) is 25.5 Å². The number of hydrogen-bond donors (Lipinski definition) is 1. The molecular formula is C18H18N2O3S. The van der Waals surface area contributed by atoms with Gasteiger partial charge in [-0.2, -0.15) is 0 Å². The Bertz CT molecular complexity index is 994. The van der Waals surface area contributed by atoms with Gasteiger partial charge in [0, 0.05) is 29.7 Å². The fraction of sp³-hybridized carbons (Fsp3) is 0.222. The SMILES string of the molecule is C[C@H]1NCCOc2ccc3c(ccn3S(=O)(=O)c3ccccc3)c21. The Labute approximate surface area is 140 Å². The number of benzene rings is 2. The maximum Gasteiger partial charge on any atom is 0.268 e. The van der Waals surface area contributed by atoms with E-state index in [0.29, 0.717) is 12.1 Å². The second kappa shape index (κ2) is 5.65. The van der Waals surface area contributed by atoms with Crippen molar-refractivity contribution in [1.29, 1.82) is 0 Å². The van der Waals surface area contributed by atoms with Crippen molar-refractivity contribution in [2.45, 2.75) is 17.9 Å². The van der Waals surface area contributed by atoms with Crippen LogP contribution in [0.5, 0.6) is 5.75 Å². The minimum absolute atomic E-state index is 0.0986. The van der Waals surface area contributed by atoms with Crippen molar-refractivity contribution in [2.24, 2.45) is 0 Å². The van der Waals surface area contributed by atoms with Gasteiger partial charge in [-0.15, -0.1) is 0 Å². The van der Waals surface area contributed by atoms with Gasteiger partial charge in [-0.1, -0.05) is 18.2 Å². The summed E-state index contributed by atoms with van der Waals surface area (Å²) in [6, 6.07) is 14.1. The molecule has 0 fully saturated rings. The molecule has 2 aromatic carbocycles. The van der Waals surface area contributed by atoms with E-state index in [-0.39, 0.29) is 10.9 Å². The van der Waals surface area contributed by atoms with E-state index in [2.05, 4.69) is 12.2 Å². The van der Waals surface area contributed by atoms with Gasteiger partial charge in [0.25, 0.3) is 10.0 Å². The van der Waals surface area contributed by atoms with E-state index in [4.69, 9.17) is 4.74 Å². The van der Waals surface area contributed by atoms with E-state index >= 15 is 0 Å². The summed E-state index contributed by atoms with van der Waals surface area (Å²) in [5.74, 6) is 0.815. The predicted molar refractivity (Wildman–Crippen MR) is 92.9 cm³/mol. The molecule has 24 heavy (non-hydrogen) atoms. The molecule has 1 aliphatic rings. The van der Waals surface area contributed by atoms with E-state index < -0.39 is 10.0 Å². The third-order valence-corrected chi connectivity index (χ3v) is 6.09. The third-order valence-electron chi connectivity index (χ3n) is 4.38. The highest BCUT2D eigenvalue weighted by Crippen LogP contribution is 2.35. The highest BCUT2D eigenvalue weighted by molar-refractivity contribution is 7.90. The molecule has 0 radical (unpaired) electrons. The second-order valence-electron chi connectivity index (χ2n) is 5.86. The third kappa shape index (κ3) is 2.30. The largest absolute Gasteiger partial charge is 0.492 e. The Hall–Kier alpha value is -2.31. The lowest BCUT2D eigenvalue weighted by atomic mass is 10.0. The molecule has 0 amide bonds. The van der Waals surface area contributed by atoms with Crippen LogP contribution >= 0.6 is 0 Å². The number of hydrogen-bond acceptors (Lipinski definition) is 4. The zero-order chi connectivity index (χ0) is 16.7. The Balaban J connectivity index is 1.94. The molecule has 0 bridgehead atoms. The van der Waals surface area contributed by atoms with Gasteiger partial charge in [-0.3, -0.25) is 0 Å². The first-order chi connectivity index (χ1) is 11.6. The van der Waals surface area contributed by atoms with Gasteiger partial charge in [0.05, 0.1) is 10.4 Å². The summed E-state index contributed by atoms with van der Waals surface area (Å²) < 4.78 is 33.0. The molecule has 4 rings (SSSR count). The van der Waals surface area contributed by atoms with Crippen LogP contribution in [0.25, 0.3) is 10.9 Å². The van der Waals surface area contributed by atoms with Crippen molar-refractivity contribution in [2.75, 3.05) is 13.2 Å². The van der Waals surface area contributed by atoms with E-state index in [1.807, 2.05) is 18.2 Å². The number of fused-ring (bicyclic) bond motifs is 3. The minimum Gasteiger partial charge on any atom is -0.492 e. The van der Waals surface area contributed by atoms with Crippen molar-refractivity contribution in [3.63, 3.8) is 0 Å². The molecular weight excluding hydrogens is 324 g/mol. The Morgan fingerprint density at radius 3 is 2.71 bits per heavy atom. The molecule has 5 nitrogen and oxygen atoms in total. The van der Waals surface area contributed by atoms with Crippen LogP contribution in [0.15, 0.2) is 59.6 Å². The zero-order valence-corrected chi connectivity index (χ0v) is 14.1. The molecule has 1 atom stereocenters. The lowest BCUT2D eigenvalue weighted by molar-refractivity contribution is 0.325. The normalized spacial score (nSPS) is 18.0. The lowest BCUT2D eigenvalue weighted by Crippen LogP contribution is -2.20. The Morgan fingerprint density at radius 1 is 1.12 bits per heavy atom. The van der Waals surface area contributed by atoms with Crippen LogP contribution in [0.1, 0.15) is 18.5 Å². The summed E-state index contributed by atoms with van der Waals surface area (Å²) >= 11 is 0. The van der Waals surface area contributed by atoms with Gasteiger partial charge in [0.1, 0.15) is 12.4 Å². The van der Waals surface area contributed by atoms with Gasteiger partial charge in [-0.05, 0) is 37.3 Å². The molecule has 0 spiro atoms. The van der Waals surface area contributed by atoms with Gasteiger partial charge in [-0.25, -0.2) is 12.4 Å². The maximum atomic E-state index is 12.9. The molecule has 0 unspecified atom stereocenters. The molecule has 1 aromatic heterocycles. The highest BCUT2D eigenvalue weighted by atomic mass is 32.2. The standard InChI is InChI=1S/C18H18N2O3S/c1-13-18-15-9-11-20(24(21,22)14-5-3-2-4-6-14)16(15)7-8-17(18)23-12-10-19-13/h2-9,11,13,19H,10,12H2,1H3/t13-/m1/s1. The van der Waals surface area contributed by atoms with E-state index in [9.17, 15) is 8.42 Å². The molecule has 3 aromatic rings. The van der Waals surface area contributed by atoms with Crippen molar-refractivity contribution in [3.8, 4) is 5.75 Å². The smallest absolute Gasteiger partial charge is 0.268 e. The number of nitrogens with zero attached hydrogens (tertiary/aromatic N) is 1. The van der Waals surface area contributed by atoms with Gasteiger partial charge >= 0.3 is 0 Å². The summed E-state index contributed by atoms with van der Waals surface area (Å²) in [5.41, 5.74) is 1.67. The van der Waals surface area contributed by atoms with E-state index in [1.54, 1.807) is 36.5 Å². The van der Waals surface area contributed by atoms with Crippen LogP contribution in [0.2, 0.25) is 0 Å². The number of nitrogens with one attached hydrogen (secondary N) is 1. The van der Waals surface area contributed by atoms with Crippen LogP contribution in [0.4, 0.5) is 0 Å². The molecule has 6 heteroatoms. The Kier molecular flexibility index (Phi) is 3.58. The van der Waals surface area contributed by atoms with Crippen molar-refractivity contribution < 1.29 is 13.2 Å². The highest BCUT2D eigenvalue weighted by Gasteiger charge is 2.23. The first kappa shape index (κ1) is 15.2. The fourth-order valence-corrected chi connectivity index (χ4v) is 4.59. The van der Waals surface area contributed by atoms with Crippen molar-refractivity contribution in [1.82, 2.24) is 9.29 Å². The topological polar surface area (TPSA) is 60.3 Å². The Morgan fingerprint density at radius 2 is 1.92 bits per heavy atom. The number of ether oxygens (including phenoxy) is 1. The quantitative estimate of drug-likeness (QED) is 0.778. The molecule has 0 saturated carbocycles. The first-order valence-corrected chi connectivity index (χ1v) is 9.34. The summed E-state index contributed by atoms with van der Waals surface area (Å²) in [5, 5.41) is 4.29. The van der Waals surface area contributed by atoms with Gasteiger partial charge in [0.2, 0.25) is 0 Å². The van der Waals surface area contributed by atoms with Crippen LogP contribution < -0.4 is 10.1 Å². The maximum absolute atomic E-state index is 12.9. The summed E-state index contributed by atoms with van der Waals surface area (Å²) in [6.07, 6.45) is 1.62. The summed E-state index contributed by atoms with van der Waals surface area (Å²) in [7, 11) is -3.62. The minimum atomic E-state index is -3.62. The van der Waals surface area contributed by atoms with Crippen LogP contribution in [0.3, 0.4) is 0 Å². The predicted octanol–water partition coefficient (Wildman–Crippen LogP) is 2.92. The fourth-order valence-electron chi connectivity index (χ4n) is 3.22. The van der Waals surface area contributed by atoms with Crippen molar-refractivity contribution >= 4 is 20.9 Å². The van der Waals surface area contributed by atoms with Crippen LogP contribution in [-0.2, 0) is 10.0 Å². The first-order valence-electron chi connectivity index (χ1n) is 7.90. The second-order valence-corrected chi connectivity index (χ2v) is 7.68. The monoisotopic (exact) mass is 342 g/mol. The lowest BCUT2D eigenvalue weighted by Gasteiger charge is -2.14. The van der Waals surface area contributed by atoms with Gasteiger partial charge in [0.15, 0.2) is 0 Å². The molecule has 0 saturated heterocycles. The zero-order valence-electron chi connectivity index (χ0n) is 13.3. The number of aromatic nitrogens is 1. The molecule has 1 aliphatic heterocycles. The molecule has 1 N–H and O–H groups in total. The van der Waals surface area contributed by atoms with Gasteiger partial charge < -0.3 is 10.1 Å². The summed E-state index contributed by atoms with van der Waals surface area (Å²) in [4.78, 5) is 0.278. The molecule has 2 heterocycles. The molecule has 124 valence electrons. The average Bonchev–Trinajstić information content (AvgIpc) is 2.94. The molecule has 0 aliphatic carbocycles. The average molecular weight is 342 g/mol. The van der Waals surface area contributed by atoms with E-state index in [1.165, 1.54) is 3.97 Å². The van der Waals surface area contributed by atoms with Crippen molar-refractivity contribution in [3.05, 3.63) is 60.3 Å². The van der Waals surface area contributed by atoms with Crippen LogP contribution in [0, 0.1) is 0 Å². The summed E-state index contributed by atoms with van der Waals surface area (Å²) in [6.45, 7) is 3.43.